The van der Waals surface area contributed by atoms with Crippen LogP contribution in [0.25, 0.3) is 66.1 Å². The van der Waals surface area contributed by atoms with Crippen LogP contribution < -0.4 is 0 Å². The second kappa shape index (κ2) is 10.0. The van der Waals surface area contributed by atoms with Crippen LogP contribution in [-0.2, 0) is 18.3 Å². The first-order valence-corrected chi connectivity index (χ1v) is 16.5. The van der Waals surface area contributed by atoms with Gasteiger partial charge in [0.2, 0.25) is 0 Å². The minimum Gasteiger partial charge on any atom is -0.0622 e. The van der Waals surface area contributed by atoms with E-state index in [9.17, 15) is 0 Å². The van der Waals surface area contributed by atoms with E-state index in [-0.39, 0.29) is 5.41 Å². The van der Waals surface area contributed by atoms with Gasteiger partial charge in [-0.05, 0) is 120 Å². The van der Waals surface area contributed by atoms with Gasteiger partial charge in [0.1, 0.15) is 0 Å². The normalized spacial score (nSPS) is 14.7. The molecule has 0 bridgehead atoms. The van der Waals surface area contributed by atoms with Crippen LogP contribution >= 0.6 is 0 Å². The summed E-state index contributed by atoms with van der Waals surface area (Å²) in [7, 11) is 0. The Labute approximate surface area is 266 Å². The van der Waals surface area contributed by atoms with E-state index in [4.69, 9.17) is 0 Å². The minimum atomic E-state index is -0.0498. The molecule has 0 aromatic heterocycles. The van der Waals surface area contributed by atoms with Crippen molar-refractivity contribution in [3.05, 3.63) is 156 Å². The van der Waals surface area contributed by atoms with Crippen molar-refractivity contribution in [1.82, 2.24) is 0 Å². The van der Waals surface area contributed by atoms with Gasteiger partial charge in [-0.25, -0.2) is 0 Å². The summed E-state index contributed by atoms with van der Waals surface area (Å²) in [4.78, 5) is 0. The minimum absolute atomic E-state index is 0.0498. The van der Waals surface area contributed by atoms with E-state index in [1.165, 1.54) is 102 Å². The van der Waals surface area contributed by atoms with E-state index in [2.05, 4.69) is 147 Å². The summed E-state index contributed by atoms with van der Waals surface area (Å²) >= 11 is 0. The van der Waals surface area contributed by atoms with Crippen LogP contribution in [-0.4, -0.2) is 0 Å². The fraction of sp³-hybridized carbons (Fsp3) is 0.156. The summed E-state index contributed by atoms with van der Waals surface area (Å²) in [6.45, 7) is 4.76. The molecule has 2 aliphatic rings. The number of benzene rings is 7. The van der Waals surface area contributed by atoms with Crippen molar-refractivity contribution in [2.75, 3.05) is 0 Å². The third kappa shape index (κ3) is 3.91. The number of fused-ring (bicyclic) bond motifs is 6. The van der Waals surface area contributed by atoms with Gasteiger partial charge >= 0.3 is 0 Å². The molecule has 2 aliphatic carbocycles. The zero-order valence-corrected chi connectivity index (χ0v) is 26.0. The molecule has 0 spiro atoms. The number of hydrogen-bond acceptors (Lipinski definition) is 0. The average Bonchev–Trinajstić information content (AvgIpc) is 3.33. The molecule has 216 valence electrons. The van der Waals surface area contributed by atoms with Gasteiger partial charge in [0.05, 0.1) is 0 Å². The van der Waals surface area contributed by atoms with E-state index in [1.807, 2.05) is 0 Å². The van der Waals surface area contributed by atoms with Crippen LogP contribution in [0, 0.1) is 0 Å². The van der Waals surface area contributed by atoms with Crippen molar-refractivity contribution in [2.45, 2.75) is 44.9 Å². The highest BCUT2D eigenvalue weighted by molar-refractivity contribution is 6.23. The summed E-state index contributed by atoms with van der Waals surface area (Å²) in [6, 6.07) is 50.3. The van der Waals surface area contributed by atoms with Crippen molar-refractivity contribution in [3.63, 3.8) is 0 Å². The third-order valence-corrected chi connectivity index (χ3v) is 10.7. The molecule has 45 heavy (non-hydrogen) atoms. The monoisotopic (exact) mass is 576 g/mol. The van der Waals surface area contributed by atoms with Gasteiger partial charge in [-0.1, -0.05) is 141 Å². The zero-order valence-electron chi connectivity index (χ0n) is 26.0. The molecule has 0 aliphatic heterocycles. The zero-order chi connectivity index (χ0) is 30.1. The van der Waals surface area contributed by atoms with Gasteiger partial charge in [-0.2, -0.15) is 0 Å². The van der Waals surface area contributed by atoms with Crippen LogP contribution in [0.3, 0.4) is 0 Å². The maximum atomic E-state index is 2.47. The largest absolute Gasteiger partial charge is 0.0622 e. The molecule has 0 heterocycles. The summed E-state index contributed by atoms with van der Waals surface area (Å²) in [5.41, 5.74) is 16.6. The lowest BCUT2D eigenvalue weighted by Gasteiger charge is -2.24. The Balaban J connectivity index is 1.45. The number of aryl methyl sites for hydroxylation is 1. The van der Waals surface area contributed by atoms with Gasteiger partial charge in [-0.15, -0.1) is 0 Å². The first-order valence-electron chi connectivity index (χ1n) is 16.5. The van der Waals surface area contributed by atoms with Crippen LogP contribution in [0.5, 0.6) is 0 Å². The van der Waals surface area contributed by atoms with Gasteiger partial charge < -0.3 is 0 Å². The average molecular weight is 577 g/mol. The lowest BCUT2D eigenvalue weighted by molar-refractivity contribution is 0.660. The van der Waals surface area contributed by atoms with E-state index in [0.717, 1.165) is 6.42 Å². The molecule has 0 saturated carbocycles. The Morgan fingerprint density at radius 3 is 1.89 bits per heavy atom. The van der Waals surface area contributed by atoms with E-state index in [0.29, 0.717) is 0 Å². The number of rotatable bonds is 3. The fourth-order valence-electron chi connectivity index (χ4n) is 8.55. The van der Waals surface area contributed by atoms with E-state index < -0.39 is 0 Å². The van der Waals surface area contributed by atoms with Gasteiger partial charge in [0.25, 0.3) is 0 Å². The van der Waals surface area contributed by atoms with Crippen molar-refractivity contribution in [1.29, 1.82) is 0 Å². The van der Waals surface area contributed by atoms with Crippen LogP contribution in [0.4, 0.5) is 0 Å². The van der Waals surface area contributed by atoms with Crippen molar-refractivity contribution in [3.8, 4) is 44.5 Å². The predicted octanol–water partition coefficient (Wildman–Crippen LogP) is 12.2. The third-order valence-electron chi connectivity index (χ3n) is 10.7. The quantitative estimate of drug-likeness (QED) is 0.184. The SMILES string of the molecule is CC1(C)c2ccccc2-c2c(-c3c4ccccc4c(-c4cccc5c4CCCC5)c4ccc(-c5ccccc5)cc34)cccc21. The summed E-state index contributed by atoms with van der Waals surface area (Å²) < 4.78 is 0. The molecule has 0 saturated heterocycles. The Hall–Kier alpha value is -4.94. The lowest BCUT2D eigenvalue weighted by Crippen LogP contribution is -2.14. The highest BCUT2D eigenvalue weighted by Crippen LogP contribution is 2.55. The molecule has 0 nitrogen and oxygen atoms in total. The van der Waals surface area contributed by atoms with Crippen LogP contribution in [0.1, 0.15) is 48.9 Å². The fourth-order valence-corrected chi connectivity index (χ4v) is 8.55. The highest BCUT2D eigenvalue weighted by atomic mass is 14.4. The molecule has 0 radical (unpaired) electrons. The molecule has 0 atom stereocenters. The second-order valence-electron chi connectivity index (χ2n) is 13.5. The molecule has 7 aromatic carbocycles. The van der Waals surface area contributed by atoms with Crippen molar-refractivity contribution in [2.24, 2.45) is 0 Å². The molecular formula is C45H36. The second-order valence-corrected chi connectivity index (χ2v) is 13.5. The highest BCUT2D eigenvalue weighted by Gasteiger charge is 2.37. The topological polar surface area (TPSA) is 0 Å². The Morgan fingerprint density at radius 1 is 0.422 bits per heavy atom. The molecule has 0 N–H and O–H groups in total. The van der Waals surface area contributed by atoms with Gasteiger partial charge in [0.15, 0.2) is 0 Å². The van der Waals surface area contributed by atoms with Crippen molar-refractivity contribution < 1.29 is 0 Å². The first kappa shape index (κ1) is 26.5. The van der Waals surface area contributed by atoms with Crippen LogP contribution in [0.15, 0.2) is 133 Å². The number of hydrogen-bond donors (Lipinski definition) is 0. The molecule has 0 amide bonds. The molecule has 0 unspecified atom stereocenters. The Bertz CT molecular complexity index is 2280. The van der Waals surface area contributed by atoms with Gasteiger partial charge in [0, 0.05) is 5.41 Å². The maximum absolute atomic E-state index is 2.47. The summed E-state index contributed by atoms with van der Waals surface area (Å²) in [5, 5.41) is 5.34. The predicted molar refractivity (Wildman–Crippen MR) is 192 cm³/mol. The van der Waals surface area contributed by atoms with Crippen molar-refractivity contribution >= 4 is 21.5 Å². The smallest absolute Gasteiger partial charge is 0.0159 e. The molecular weight excluding hydrogens is 540 g/mol. The first-order chi connectivity index (χ1) is 22.1. The Morgan fingerprint density at radius 2 is 1.04 bits per heavy atom. The summed E-state index contributed by atoms with van der Waals surface area (Å²) in [5.74, 6) is 0. The lowest BCUT2D eigenvalue weighted by atomic mass is 9.79. The molecule has 0 heteroatoms. The van der Waals surface area contributed by atoms with E-state index in [1.54, 1.807) is 5.56 Å². The summed E-state index contributed by atoms with van der Waals surface area (Å²) in [6.07, 6.45) is 4.89. The Kier molecular flexibility index (Phi) is 5.91. The molecule has 7 aromatic rings. The molecule has 0 fully saturated rings. The standard InChI is InChI=1S/C45H36/c1-45(2)40-24-11-10-21-37(40)44-38(23-13-25-41(44)45)43-35-20-9-8-19-34(35)42(33-22-12-17-30-16-6-7-18-32(30)33)36-27-26-31(28-39(36)43)29-14-4-3-5-15-29/h3-5,8-15,17,19-28H,6-7,16,18H2,1-2H3. The van der Waals surface area contributed by atoms with E-state index >= 15 is 0 Å². The van der Waals surface area contributed by atoms with Gasteiger partial charge in [-0.3, -0.25) is 0 Å². The molecule has 9 rings (SSSR count). The van der Waals surface area contributed by atoms with Crippen LogP contribution in [0.2, 0.25) is 0 Å². The maximum Gasteiger partial charge on any atom is 0.0159 e.